The van der Waals surface area contributed by atoms with Crippen molar-refractivity contribution < 1.29 is 0 Å². The van der Waals surface area contributed by atoms with Gasteiger partial charge in [0.15, 0.2) is 0 Å². The summed E-state index contributed by atoms with van der Waals surface area (Å²) < 4.78 is 0. The van der Waals surface area contributed by atoms with Crippen molar-refractivity contribution >= 4 is 11.6 Å². The van der Waals surface area contributed by atoms with E-state index < -0.39 is 0 Å². The van der Waals surface area contributed by atoms with Gasteiger partial charge in [-0.05, 0) is 49.5 Å². The zero-order chi connectivity index (χ0) is 11.7. The third kappa shape index (κ3) is 2.65. The molecule has 1 aromatic rings. The second-order valence-corrected chi connectivity index (χ2v) is 5.70. The number of halogens is 1. The minimum atomic E-state index is 0.788. The van der Waals surface area contributed by atoms with Crippen molar-refractivity contribution in [2.45, 2.75) is 25.4 Å². The van der Waals surface area contributed by atoms with Crippen molar-refractivity contribution in [3.8, 4) is 0 Å². The van der Waals surface area contributed by atoms with Gasteiger partial charge in [-0.2, -0.15) is 0 Å². The number of rotatable bonds is 2. The maximum absolute atomic E-state index is 5.91. The van der Waals surface area contributed by atoms with Gasteiger partial charge < -0.3 is 5.32 Å². The second kappa shape index (κ2) is 4.97. The fourth-order valence-corrected chi connectivity index (χ4v) is 3.24. The highest BCUT2D eigenvalue weighted by atomic mass is 35.5. The molecule has 17 heavy (non-hydrogen) atoms. The first-order valence-corrected chi connectivity index (χ1v) is 6.89. The lowest BCUT2D eigenvalue weighted by molar-refractivity contribution is 0.156. The first kappa shape index (κ1) is 11.5. The van der Waals surface area contributed by atoms with Crippen molar-refractivity contribution in [3.05, 3.63) is 34.9 Å². The Bertz CT molecular complexity index is 376. The molecule has 0 aromatic heterocycles. The molecule has 3 rings (SSSR count). The zero-order valence-electron chi connectivity index (χ0n) is 10.0. The van der Waals surface area contributed by atoms with Crippen LogP contribution in [0.3, 0.4) is 0 Å². The standard InChI is InChI=1S/C14H19ClN2/c15-13-3-1-11(2-4-13)9-17-8-6-14-12(10-17)5-7-16-14/h1-4,12,14,16H,5-10H2. The molecule has 2 nitrogen and oxygen atoms in total. The molecular weight excluding hydrogens is 232 g/mol. The molecule has 0 bridgehead atoms. The Morgan fingerprint density at radius 1 is 1.24 bits per heavy atom. The summed E-state index contributed by atoms with van der Waals surface area (Å²) in [7, 11) is 0. The summed E-state index contributed by atoms with van der Waals surface area (Å²) in [6.07, 6.45) is 2.65. The van der Waals surface area contributed by atoms with Gasteiger partial charge in [0.2, 0.25) is 0 Å². The van der Waals surface area contributed by atoms with E-state index in [1.165, 1.54) is 38.0 Å². The van der Waals surface area contributed by atoms with Crippen LogP contribution in [0.15, 0.2) is 24.3 Å². The van der Waals surface area contributed by atoms with Crippen LogP contribution in [0, 0.1) is 5.92 Å². The number of nitrogens with one attached hydrogen (secondary N) is 1. The topological polar surface area (TPSA) is 15.3 Å². The summed E-state index contributed by atoms with van der Waals surface area (Å²) in [5.41, 5.74) is 1.37. The van der Waals surface area contributed by atoms with Crippen molar-refractivity contribution in [2.24, 2.45) is 5.92 Å². The maximum Gasteiger partial charge on any atom is 0.0406 e. The van der Waals surface area contributed by atoms with Crippen LogP contribution >= 0.6 is 11.6 Å². The second-order valence-electron chi connectivity index (χ2n) is 5.26. The van der Waals surface area contributed by atoms with Crippen LogP contribution in [0.25, 0.3) is 0 Å². The lowest BCUT2D eigenvalue weighted by Gasteiger charge is -2.34. The first-order valence-electron chi connectivity index (χ1n) is 6.51. The lowest BCUT2D eigenvalue weighted by Crippen LogP contribution is -2.43. The van der Waals surface area contributed by atoms with Gasteiger partial charge in [0.05, 0.1) is 0 Å². The number of hydrogen-bond acceptors (Lipinski definition) is 2. The fourth-order valence-electron chi connectivity index (χ4n) is 3.11. The molecule has 3 heteroatoms. The largest absolute Gasteiger partial charge is 0.314 e. The van der Waals surface area contributed by atoms with Gasteiger partial charge in [-0.3, -0.25) is 4.90 Å². The van der Waals surface area contributed by atoms with Gasteiger partial charge in [-0.25, -0.2) is 0 Å². The van der Waals surface area contributed by atoms with Crippen LogP contribution < -0.4 is 5.32 Å². The van der Waals surface area contributed by atoms with Gasteiger partial charge in [0, 0.05) is 24.2 Å². The average Bonchev–Trinajstić information content (AvgIpc) is 2.79. The van der Waals surface area contributed by atoms with Crippen LogP contribution in [-0.2, 0) is 6.54 Å². The Kier molecular flexibility index (Phi) is 3.37. The summed E-state index contributed by atoms with van der Waals surface area (Å²) in [5, 5.41) is 4.43. The smallest absolute Gasteiger partial charge is 0.0406 e. The molecule has 0 amide bonds. The number of nitrogens with zero attached hydrogens (tertiary/aromatic N) is 1. The van der Waals surface area contributed by atoms with E-state index in [0.717, 1.165) is 23.5 Å². The van der Waals surface area contributed by atoms with E-state index >= 15 is 0 Å². The van der Waals surface area contributed by atoms with E-state index in [4.69, 9.17) is 11.6 Å². The van der Waals surface area contributed by atoms with Crippen LogP contribution in [0.2, 0.25) is 5.02 Å². The summed E-state index contributed by atoms with van der Waals surface area (Å²) in [4.78, 5) is 2.58. The van der Waals surface area contributed by atoms with E-state index in [1.807, 2.05) is 12.1 Å². The first-order chi connectivity index (χ1) is 8.31. The number of hydrogen-bond donors (Lipinski definition) is 1. The van der Waals surface area contributed by atoms with Crippen molar-refractivity contribution in [1.82, 2.24) is 10.2 Å². The molecule has 1 N–H and O–H groups in total. The van der Waals surface area contributed by atoms with Crippen molar-refractivity contribution in [2.75, 3.05) is 19.6 Å². The molecule has 2 unspecified atom stereocenters. The minimum Gasteiger partial charge on any atom is -0.314 e. The van der Waals surface area contributed by atoms with E-state index in [-0.39, 0.29) is 0 Å². The maximum atomic E-state index is 5.91. The van der Waals surface area contributed by atoms with Gasteiger partial charge >= 0.3 is 0 Å². The van der Waals surface area contributed by atoms with Crippen LogP contribution in [0.5, 0.6) is 0 Å². The molecule has 0 aliphatic carbocycles. The molecule has 92 valence electrons. The van der Waals surface area contributed by atoms with E-state index in [0.29, 0.717) is 0 Å². The third-order valence-electron chi connectivity index (χ3n) is 4.06. The Hall–Kier alpha value is -0.570. The van der Waals surface area contributed by atoms with Crippen LogP contribution in [-0.4, -0.2) is 30.6 Å². The fraction of sp³-hybridized carbons (Fsp3) is 0.571. The molecule has 2 heterocycles. The lowest BCUT2D eigenvalue weighted by atomic mass is 9.93. The zero-order valence-corrected chi connectivity index (χ0v) is 10.8. The normalized spacial score (nSPS) is 29.2. The SMILES string of the molecule is Clc1ccc(CN2CCC3NCCC3C2)cc1. The third-order valence-corrected chi connectivity index (χ3v) is 4.31. The van der Waals surface area contributed by atoms with E-state index in [2.05, 4.69) is 22.3 Å². The quantitative estimate of drug-likeness (QED) is 0.868. The molecule has 0 saturated carbocycles. The highest BCUT2D eigenvalue weighted by molar-refractivity contribution is 6.30. The predicted molar refractivity (Wildman–Crippen MR) is 71.2 cm³/mol. The van der Waals surface area contributed by atoms with Crippen LogP contribution in [0.1, 0.15) is 18.4 Å². The molecule has 2 aliphatic heterocycles. The minimum absolute atomic E-state index is 0.788. The Balaban J connectivity index is 1.60. The summed E-state index contributed by atoms with van der Waals surface area (Å²) in [6.45, 7) is 4.75. The number of fused-ring (bicyclic) bond motifs is 1. The Labute approximate surface area is 108 Å². The number of piperidine rings is 1. The highest BCUT2D eigenvalue weighted by Gasteiger charge is 2.32. The van der Waals surface area contributed by atoms with Gasteiger partial charge in [-0.15, -0.1) is 0 Å². The van der Waals surface area contributed by atoms with Gasteiger partial charge in [0.25, 0.3) is 0 Å². The monoisotopic (exact) mass is 250 g/mol. The van der Waals surface area contributed by atoms with E-state index in [9.17, 15) is 0 Å². The summed E-state index contributed by atoms with van der Waals surface area (Å²) in [5.74, 6) is 0.871. The van der Waals surface area contributed by atoms with Gasteiger partial charge in [0.1, 0.15) is 0 Å². The van der Waals surface area contributed by atoms with Gasteiger partial charge in [-0.1, -0.05) is 23.7 Å². The number of benzene rings is 1. The van der Waals surface area contributed by atoms with Crippen molar-refractivity contribution in [3.63, 3.8) is 0 Å². The highest BCUT2D eigenvalue weighted by Crippen LogP contribution is 2.25. The molecule has 1 aromatic carbocycles. The summed E-state index contributed by atoms with van der Waals surface area (Å²) in [6, 6.07) is 9.04. The molecule has 2 saturated heterocycles. The predicted octanol–water partition coefficient (Wildman–Crippen LogP) is 2.52. The number of likely N-dealkylation sites (tertiary alicyclic amines) is 1. The molecule has 2 fully saturated rings. The summed E-state index contributed by atoms with van der Waals surface area (Å²) >= 11 is 5.91. The molecular formula is C14H19ClN2. The Morgan fingerprint density at radius 3 is 2.88 bits per heavy atom. The molecule has 2 aliphatic rings. The average molecular weight is 251 g/mol. The Morgan fingerprint density at radius 2 is 2.06 bits per heavy atom. The van der Waals surface area contributed by atoms with E-state index in [1.54, 1.807) is 0 Å². The van der Waals surface area contributed by atoms with Crippen molar-refractivity contribution in [1.29, 1.82) is 0 Å². The van der Waals surface area contributed by atoms with Crippen LogP contribution in [0.4, 0.5) is 0 Å². The molecule has 0 spiro atoms. The molecule has 2 atom stereocenters. The molecule has 0 radical (unpaired) electrons.